The van der Waals surface area contributed by atoms with Crippen molar-refractivity contribution < 1.29 is 5.11 Å². The lowest BCUT2D eigenvalue weighted by Gasteiger charge is -2.40. The molecule has 0 aliphatic carbocycles. The van der Waals surface area contributed by atoms with Crippen LogP contribution in [0.4, 0.5) is 0 Å². The molecule has 1 aromatic rings. The van der Waals surface area contributed by atoms with Crippen LogP contribution in [0, 0.1) is 6.92 Å². The summed E-state index contributed by atoms with van der Waals surface area (Å²) >= 11 is 0. The monoisotopic (exact) mass is 248 g/mol. The van der Waals surface area contributed by atoms with Crippen LogP contribution in [-0.2, 0) is 0 Å². The third-order valence-electron chi connectivity index (χ3n) is 3.97. The fraction of sp³-hybridized carbons (Fsp3) is 0.600. The van der Waals surface area contributed by atoms with Gasteiger partial charge >= 0.3 is 0 Å². The van der Waals surface area contributed by atoms with E-state index in [1.165, 1.54) is 24.0 Å². The van der Waals surface area contributed by atoms with Crippen molar-refractivity contribution in [2.24, 2.45) is 5.73 Å². The summed E-state index contributed by atoms with van der Waals surface area (Å²) in [6.07, 6.45) is 3.50. The van der Waals surface area contributed by atoms with Crippen molar-refractivity contribution in [2.75, 3.05) is 19.7 Å². The van der Waals surface area contributed by atoms with Gasteiger partial charge in [-0.15, -0.1) is 0 Å². The molecule has 1 fully saturated rings. The molecule has 2 rings (SSSR count). The van der Waals surface area contributed by atoms with Gasteiger partial charge in [0.15, 0.2) is 0 Å². The molecule has 1 saturated heterocycles. The number of nitrogens with zero attached hydrogens (tertiary/aromatic N) is 1. The number of aliphatic hydroxyl groups is 1. The van der Waals surface area contributed by atoms with E-state index in [9.17, 15) is 5.11 Å². The van der Waals surface area contributed by atoms with Crippen molar-refractivity contribution >= 4 is 0 Å². The Kier molecular flexibility index (Phi) is 4.75. The summed E-state index contributed by atoms with van der Waals surface area (Å²) in [4.78, 5) is 2.38. The zero-order valence-electron chi connectivity index (χ0n) is 11.2. The Balaban J connectivity index is 2.18. The Labute approximate surface area is 110 Å². The number of hydrogen-bond acceptors (Lipinski definition) is 3. The molecule has 2 atom stereocenters. The average molecular weight is 248 g/mol. The molecule has 3 heteroatoms. The maximum Gasteiger partial charge on any atom is 0.0587 e. The molecule has 0 saturated carbocycles. The van der Waals surface area contributed by atoms with Gasteiger partial charge in [-0.25, -0.2) is 0 Å². The third-order valence-corrected chi connectivity index (χ3v) is 3.97. The molecule has 3 nitrogen and oxygen atoms in total. The van der Waals surface area contributed by atoms with Gasteiger partial charge in [-0.2, -0.15) is 0 Å². The summed E-state index contributed by atoms with van der Waals surface area (Å²) < 4.78 is 0. The summed E-state index contributed by atoms with van der Waals surface area (Å²) in [6.45, 7) is 3.99. The molecular formula is C15H24N2O. The quantitative estimate of drug-likeness (QED) is 0.855. The molecule has 0 bridgehead atoms. The lowest BCUT2D eigenvalue weighted by atomic mass is 9.96. The molecule has 18 heavy (non-hydrogen) atoms. The second-order valence-corrected chi connectivity index (χ2v) is 5.23. The highest BCUT2D eigenvalue weighted by Crippen LogP contribution is 2.28. The van der Waals surface area contributed by atoms with Gasteiger partial charge in [0.25, 0.3) is 0 Å². The van der Waals surface area contributed by atoms with E-state index >= 15 is 0 Å². The van der Waals surface area contributed by atoms with E-state index in [1.807, 2.05) is 0 Å². The van der Waals surface area contributed by atoms with Crippen LogP contribution >= 0.6 is 0 Å². The maximum absolute atomic E-state index is 9.51. The zero-order chi connectivity index (χ0) is 13.0. The molecule has 100 valence electrons. The highest BCUT2D eigenvalue weighted by atomic mass is 16.3. The van der Waals surface area contributed by atoms with E-state index < -0.39 is 0 Å². The molecule has 0 aromatic heterocycles. The van der Waals surface area contributed by atoms with Crippen LogP contribution in [0.2, 0.25) is 0 Å². The molecule has 1 heterocycles. The van der Waals surface area contributed by atoms with Crippen molar-refractivity contribution in [3.63, 3.8) is 0 Å². The number of aryl methyl sites for hydroxylation is 1. The zero-order valence-corrected chi connectivity index (χ0v) is 11.2. The maximum atomic E-state index is 9.51. The Morgan fingerprint density at radius 1 is 1.33 bits per heavy atom. The summed E-state index contributed by atoms with van der Waals surface area (Å²) in [7, 11) is 0. The van der Waals surface area contributed by atoms with Crippen LogP contribution < -0.4 is 5.73 Å². The van der Waals surface area contributed by atoms with E-state index in [2.05, 4.69) is 36.1 Å². The van der Waals surface area contributed by atoms with E-state index in [0.717, 1.165) is 13.0 Å². The molecular weight excluding hydrogens is 224 g/mol. The van der Waals surface area contributed by atoms with Gasteiger partial charge in [0.1, 0.15) is 0 Å². The second kappa shape index (κ2) is 6.32. The highest BCUT2D eigenvalue weighted by Gasteiger charge is 2.28. The van der Waals surface area contributed by atoms with Crippen LogP contribution in [0.1, 0.15) is 36.4 Å². The Morgan fingerprint density at radius 2 is 2.06 bits per heavy atom. The van der Waals surface area contributed by atoms with Crippen molar-refractivity contribution in [2.45, 2.75) is 38.3 Å². The van der Waals surface area contributed by atoms with Crippen LogP contribution in [0.25, 0.3) is 0 Å². The molecule has 0 radical (unpaired) electrons. The largest absolute Gasteiger partial charge is 0.395 e. The van der Waals surface area contributed by atoms with Crippen molar-refractivity contribution in [3.8, 4) is 0 Å². The Hall–Kier alpha value is -0.900. The van der Waals surface area contributed by atoms with Crippen LogP contribution in [0.3, 0.4) is 0 Å². The number of hydrogen-bond donors (Lipinski definition) is 2. The number of nitrogens with two attached hydrogens (primary N) is 1. The fourth-order valence-electron chi connectivity index (χ4n) is 2.88. The summed E-state index contributed by atoms with van der Waals surface area (Å²) in [5.41, 5.74) is 8.50. The number of benzene rings is 1. The summed E-state index contributed by atoms with van der Waals surface area (Å²) in [5.74, 6) is 0. The number of likely N-dealkylation sites (tertiary alicyclic amines) is 1. The van der Waals surface area contributed by atoms with Gasteiger partial charge in [0.2, 0.25) is 0 Å². The minimum Gasteiger partial charge on any atom is -0.395 e. The summed E-state index contributed by atoms with van der Waals surface area (Å²) in [6, 6.07) is 9.11. The fourth-order valence-corrected chi connectivity index (χ4v) is 2.88. The van der Waals surface area contributed by atoms with Crippen LogP contribution in [-0.4, -0.2) is 35.7 Å². The van der Waals surface area contributed by atoms with Gasteiger partial charge in [-0.05, 0) is 31.9 Å². The average Bonchev–Trinajstić information content (AvgIpc) is 2.42. The SMILES string of the molecule is Cc1ccc(C(CN)N2CCCCC2CO)cc1. The van der Waals surface area contributed by atoms with Crippen molar-refractivity contribution in [1.29, 1.82) is 0 Å². The van der Waals surface area contributed by atoms with Crippen molar-refractivity contribution in [3.05, 3.63) is 35.4 Å². The lowest BCUT2D eigenvalue weighted by molar-refractivity contribution is 0.0552. The molecule has 2 unspecified atom stereocenters. The molecule has 0 spiro atoms. The lowest BCUT2D eigenvalue weighted by Crippen LogP contribution is -2.46. The molecule has 3 N–H and O–H groups in total. The van der Waals surface area contributed by atoms with Crippen LogP contribution in [0.15, 0.2) is 24.3 Å². The van der Waals surface area contributed by atoms with E-state index in [0.29, 0.717) is 6.54 Å². The first kappa shape index (κ1) is 13.5. The first-order chi connectivity index (χ1) is 8.76. The molecule has 1 aliphatic heterocycles. The van der Waals surface area contributed by atoms with Crippen LogP contribution in [0.5, 0.6) is 0 Å². The van der Waals surface area contributed by atoms with E-state index in [1.54, 1.807) is 0 Å². The number of aliphatic hydroxyl groups excluding tert-OH is 1. The minimum absolute atomic E-state index is 0.238. The minimum atomic E-state index is 0.238. The number of piperidine rings is 1. The predicted molar refractivity (Wildman–Crippen MR) is 74.4 cm³/mol. The van der Waals surface area contributed by atoms with Crippen molar-refractivity contribution in [1.82, 2.24) is 4.90 Å². The smallest absolute Gasteiger partial charge is 0.0587 e. The van der Waals surface area contributed by atoms with Gasteiger partial charge in [0.05, 0.1) is 6.61 Å². The Morgan fingerprint density at radius 3 is 2.67 bits per heavy atom. The van der Waals surface area contributed by atoms with Gasteiger partial charge in [-0.3, -0.25) is 4.90 Å². The summed E-state index contributed by atoms with van der Waals surface area (Å²) in [5, 5.41) is 9.51. The van der Waals surface area contributed by atoms with Gasteiger partial charge < -0.3 is 10.8 Å². The molecule has 0 amide bonds. The first-order valence-corrected chi connectivity index (χ1v) is 6.89. The topological polar surface area (TPSA) is 49.5 Å². The normalized spacial score (nSPS) is 22.9. The Bertz CT molecular complexity index is 363. The third kappa shape index (κ3) is 2.91. The van der Waals surface area contributed by atoms with E-state index in [-0.39, 0.29) is 18.7 Å². The first-order valence-electron chi connectivity index (χ1n) is 6.89. The predicted octanol–water partition coefficient (Wildman–Crippen LogP) is 1.84. The van der Waals surface area contributed by atoms with Gasteiger partial charge in [0, 0.05) is 18.6 Å². The van der Waals surface area contributed by atoms with E-state index in [4.69, 9.17) is 5.73 Å². The highest BCUT2D eigenvalue weighted by molar-refractivity contribution is 5.24. The molecule has 1 aromatic carbocycles. The second-order valence-electron chi connectivity index (χ2n) is 5.23. The molecule has 1 aliphatic rings. The van der Waals surface area contributed by atoms with Gasteiger partial charge in [-0.1, -0.05) is 36.2 Å². The number of rotatable bonds is 4. The standard InChI is InChI=1S/C15H24N2O/c1-12-5-7-13(8-6-12)15(10-16)17-9-3-2-4-14(17)11-18/h5-8,14-15,18H,2-4,9-11,16H2,1H3.